The molecule has 0 unspecified atom stereocenters. The molecule has 1 aliphatic rings. The molecule has 0 spiro atoms. The largest absolute Gasteiger partial charge is 0.489 e. The number of carbonyl (C=O) groups is 4. The quantitative estimate of drug-likeness (QED) is 0.471. The standard InChI is InChI=1S/C23H21NO7S/c1-3-30-22(28)14(2)24-20(25)19(32-23(24)29)12-15-6-10-18(11-7-15)31-13-16-4-8-17(9-5-16)21(26)27/h4-12,14H,3,13H2,1-2H3,(H,26,27)/b19-12+/t14-/m1/s1. The van der Waals surface area contributed by atoms with E-state index < -0.39 is 29.1 Å². The van der Waals surface area contributed by atoms with Gasteiger partial charge in [-0.25, -0.2) is 9.59 Å². The molecule has 9 heteroatoms. The van der Waals surface area contributed by atoms with Crippen LogP contribution in [0.5, 0.6) is 5.75 Å². The molecule has 1 saturated heterocycles. The Morgan fingerprint density at radius 1 is 1.09 bits per heavy atom. The number of esters is 1. The smallest absolute Gasteiger partial charge is 0.335 e. The lowest BCUT2D eigenvalue weighted by Gasteiger charge is -2.19. The van der Waals surface area contributed by atoms with Crippen molar-refractivity contribution in [3.8, 4) is 5.75 Å². The first-order chi connectivity index (χ1) is 15.3. The summed E-state index contributed by atoms with van der Waals surface area (Å²) in [6, 6.07) is 12.3. The number of rotatable bonds is 8. The molecule has 3 rings (SSSR count). The molecule has 1 N–H and O–H groups in total. The van der Waals surface area contributed by atoms with Crippen molar-refractivity contribution in [2.45, 2.75) is 26.5 Å². The minimum Gasteiger partial charge on any atom is -0.489 e. The van der Waals surface area contributed by atoms with Gasteiger partial charge in [0.25, 0.3) is 11.1 Å². The molecule has 1 heterocycles. The summed E-state index contributed by atoms with van der Waals surface area (Å²) in [5.41, 5.74) is 1.72. The van der Waals surface area contributed by atoms with Gasteiger partial charge in [-0.1, -0.05) is 24.3 Å². The SMILES string of the molecule is CCOC(=O)[C@@H](C)N1C(=O)S/C(=C/c2ccc(OCc3ccc(C(=O)O)cc3)cc2)C1=O. The van der Waals surface area contributed by atoms with Gasteiger partial charge in [0.1, 0.15) is 18.4 Å². The van der Waals surface area contributed by atoms with Crippen LogP contribution in [0, 0.1) is 0 Å². The highest BCUT2D eigenvalue weighted by Gasteiger charge is 2.41. The van der Waals surface area contributed by atoms with Crippen LogP contribution in [0.1, 0.15) is 35.3 Å². The molecule has 2 amide bonds. The van der Waals surface area contributed by atoms with Crippen LogP contribution in [0.3, 0.4) is 0 Å². The molecule has 1 aliphatic heterocycles. The lowest BCUT2D eigenvalue weighted by Crippen LogP contribution is -2.42. The van der Waals surface area contributed by atoms with Crippen molar-refractivity contribution in [1.82, 2.24) is 4.90 Å². The molecule has 0 aromatic heterocycles. The van der Waals surface area contributed by atoms with Crippen molar-refractivity contribution in [2.75, 3.05) is 6.61 Å². The Hall–Kier alpha value is -3.59. The number of hydrogen-bond donors (Lipinski definition) is 1. The second-order valence-electron chi connectivity index (χ2n) is 6.84. The van der Waals surface area contributed by atoms with E-state index in [1.54, 1.807) is 49.4 Å². The first-order valence-corrected chi connectivity index (χ1v) is 10.6. The minimum atomic E-state index is -0.992. The number of aromatic carboxylic acids is 1. The van der Waals surface area contributed by atoms with E-state index in [1.807, 2.05) is 0 Å². The molecule has 1 fully saturated rings. The van der Waals surface area contributed by atoms with Crippen LogP contribution in [0.15, 0.2) is 53.4 Å². The van der Waals surface area contributed by atoms with Crippen molar-refractivity contribution in [3.63, 3.8) is 0 Å². The summed E-state index contributed by atoms with van der Waals surface area (Å²) in [5.74, 6) is -1.56. The molecule has 0 saturated carbocycles. The highest BCUT2D eigenvalue weighted by Crippen LogP contribution is 2.34. The predicted octanol–water partition coefficient (Wildman–Crippen LogP) is 3.95. The van der Waals surface area contributed by atoms with E-state index in [1.165, 1.54) is 19.1 Å². The number of imide groups is 1. The molecule has 0 aliphatic carbocycles. The van der Waals surface area contributed by atoms with E-state index in [2.05, 4.69) is 0 Å². The van der Waals surface area contributed by atoms with Crippen molar-refractivity contribution in [2.24, 2.45) is 0 Å². The number of hydrogen-bond acceptors (Lipinski definition) is 7. The molecule has 2 aromatic rings. The van der Waals surface area contributed by atoms with Gasteiger partial charge in [0.2, 0.25) is 0 Å². The van der Waals surface area contributed by atoms with E-state index in [9.17, 15) is 19.2 Å². The lowest BCUT2D eigenvalue weighted by atomic mass is 10.1. The minimum absolute atomic E-state index is 0.164. The second-order valence-corrected chi connectivity index (χ2v) is 7.83. The van der Waals surface area contributed by atoms with E-state index in [0.717, 1.165) is 22.2 Å². The Balaban J connectivity index is 1.63. The van der Waals surface area contributed by atoms with Crippen LogP contribution >= 0.6 is 11.8 Å². The van der Waals surface area contributed by atoms with Crippen molar-refractivity contribution >= 4 is 40.9 Å². The summed E-state index contributed by atoms with van der Waals surface area (Å²) < 4.78 is 10.6. The molecule has 8 nitrogen and oxygen atoms in total. The topological polar surface area (TPSA) is 110 Å². The zero-order chi connectivity index (χ0) is 23.3. The number of carboxylic acids is 1. The summed E-state index contributed by atoms with van der Waals surface area (Å²) in [6.45, 7) is 3.54. The fourth-order valence-electron chi connectivity index (χ4n) is 2.90. The third-order valence-corrected chi connectivity index (χ3v) is 5.51. The average Bonchev–Trinajstić information content (AvgIpc) is 3.05. The molecule has 1 atom stereocenters. The third-order valence-electron chi connectivity index (χ3n) is 4.62. The van der Waals surface area contributed by atoms with E-state index >= 15 is 0 Å². The van der Waals surface area contributed by atoms with Crippen LogP contribution in [0.4, 0.5) is 4.79 Å². The van der Waals surface area contributed by atoms with Gasteiger partial charge in [-0.3, -0.25) is 14.5 Å². The molecular formula is C23H21NO7S. The number of thioether (sulfide) groups is 1. The Kier molecular flexibility index (Phi) is 7.32. The Labute approximate surface area is 188 Å². The predicted molar refractivity (Wildman–Crippen MR) is 118 cm³/mol. The third kappa shape index (κ3) is 5.36. The highest BCUT2D eigenvalue weighted by molar-refractivity contribution is 8.18. The molecule has 32 heavy (non-hydrogen) atoms. The van der Waals surface area contributed by atoms with E-state index in [-0.39, 0.29) is 23.7 Å². The number of carbonyl (C=O) groups excluding carboxylic acids is 3. The summed E-state index contributed by atoms with van der Waals surface area (Å²) in [5, 5.41) is 8.41. The van der Waals surface area contributed by atoms with Gasteiger partial charge in [-0.15, -0.1) is 0 Å². The van der Waals surface area contributed by atoms with Gasteiger partial charge >= 0.3 is 11.9 Å². The Morgan fingerprint density at radius 2 is 1.75 bits per heavy atom. The fourth-order valence-corrected chi connectivity index (χ4v) is 3.81. The summed E-state index contributed by atoms with van der Waals surface area (Å²) in [7, 11) is 0. The normalized spacial score (nSPS) is 15.7. The Bertz CT molecular complexity index is 1060. The number of carboxylic acid groups (broad SMARTS) is 1. The van der Waals surface area contributed by atoms with Crippen LogP contribution < -0.4 is 4.74 Å². The van der Waals surface area contributed by atoms with Gasteiger partial charge < -0.3 is 14.6 Å². The molecule has 0 radical (unpaired) electrons. The average molecular weight is 455 g/mol. The lowest BCUT2D eigenvalue weighted by molar-refractivity contribution is -0.150. The first kappa shape index (κ1) is 23.1. The summed E-state index contributed by atoms with van der Waals surface area (Å²) in [6.07, 6.45) is 1.58. The van der Waals surface area contributed by atoms with Gasteiger partial charge in [-0.2, -0.15) is 0 Å². The summed E-state index contributed by atoms with van der Waals surface area (Å²) in [4.78, 5) is 48.8. The van der Waals surface area contributed by atoms with Crippen LogP contribution in [-0.4, -0.2) is 45.7 Å². The van der Waals surface area contributed by atoms with Crippen molar-refractivity contribution in [3.05, 3.63) is 70.1 Å². The highest BCUT2D eigenvalue weighted by atomic mass is 32.2. The number of benzene rings is 2. The molecule has 166 valence electrons. The zero-order valence-corrected chi connectivity index (χ0v) is 18.3. The van der Waals surface area contributed by atoms with Crippen LogP contribution in [0.2, 0.25) is 0 Å². The molecule has 0 bridgehead atoms. The van der Waals surface area contributed by atoms with Crippen molar-refractivity contribution in [1.29, 1.82) is 0 Å². The van der Waals surface area contributed by atoms with Crippen molar-refractivity contribution < 1.29 is 33.8 Å². The fraction of sp³-hybridized carbons (Fsp3) is 0.217. The number of nitrogens with zero attached hydrogens (tertiary/aromatic N) is 1. The maximum Gasteiger partial charge on any atom is 0.335 e. The number of ether oxygens (including phenoxy) is 2. The maximum absolute atomic E-state index is 12.6. The van der Waals surface area contributed by atoms with Gasteiger partial charge in [0.15, 0.2) is 0 Å². The molecule has 2 aromatic carbocycles. The van der Waals surface area contributed by atoms with Gasteiger partial charge in [0, 0.05) is 0 Å². The van der Waals surface area contributed by atoms with Gasteiger partial charge in [0.05, 0.1) is 17.1 Å². The summed E-state index contributed by atoms with van der Waals surface area (Å²) >= 11 is 0.773. The van der Waals surface area contributed by atoms with Crippen LogP contribution in [0.25, 0.3) is 6.08 Å². The van der Waals surface area contributed by atoms with E-state index in [4.69, 9.17) is 14.6 Å². The maximum atomic E-state index is 12.6. The first-order valence-electron chi connectivity index (χ1n) is 9.79. The molecular weight excluding hydrogens is 434 g/mol. The van der Waals surface area contributed by atoms with E-state index in [0.29, 0.717) is 11.3 Å². The zero-order valence-electron chi connectivity index (χ0n) is 17.4. The van der Waals surface area contributed by atoms with Crippen LogP contribution in [-0.2, 0) is 20.9 Å². The second kappa shape index (κ2) is 10.1. The number of amides is 2. The monoisotopic (exact) mass is 455 g/mol. The van der Waals surface area contributed by atoms with Gasteiger partial charge in [-0.05, 0) is 67.1 Å². The Morgan fingerprint density at radius 3 is 2.34 bits per heavy atom.